The number of carbonyl (C=O) groups is 1. The molecule has 0 spiro atoms. The molecule has 0 radical (unpaired) electrons. The number of benzene rings is 1. The number of ether oxygens (including phenoxy) is 1. The molecule has 1 aliphatic heterocycles. The van der Waals surface area contributed by atoms with Gasteiger partial charge in [0.15, 0.2) is 0 Å². The Kier molecular flexibility index (Phi) is 2.19. The van der Waals surface area contributed by atoms with E-state index >= 15 is 0 Å². The molecule has 0 bridgehead atoms. The molecule has 4 nitrogen and oxygen atoms in total. The maximum absolute atomic E-state index is 11.3. The van der Waals surface area contributed by atoms with E-state index in [-0.39, 0.29) is 0 Å². The van der Waals surface area contributed by atoms with Crippen LogP contribution in [0.5, 0.6) is 0 Å². The molecule has 2 N–H and O–H groups in total. The fraction of sp³-hybridized carbons (Fsp3) is 0.308. The average molecular weight is 231 g/mol. The van der Waals surface area contributed by atoms with E-state index in [9.17, 15) is 9.90 Å². The number of carboxylic acids is 1. The van der Waals surface area contributed by atoms with Crippen LogP contribution in [-0.2, 0) is 16.0 Å². The monoisotopic (exact) mass is 231 g/mol. The first kappa shape index (κ1) is 10.4. The van der Waals surface area contributed by atoms with Crippen molar-refractivity contribution in [3.8, 4) is 0 Å². The SMILES string of the molecule is O=C(O)C1(Cc2c[nH]c3ccccc23)COC1. The Morgan fingerprint density at radius 1 is 1.41 bits per heavy atom. The molecule has 1 aliphatic rings. The van der Waals surface area contributed by atoms with Crippen molar-refractivity contribution in [1.82, 2.24) is 4.98 Å². The van der Waals surface area contributed by atoms with E-state index < -0.39 is 11.4 Å². The molecule has 4 heteroatoms. The lowest BCUT2D eigenvalue weighted by Gasteiger charge is -2.37. The second-order valence-electron chi connectivity index (χ2n) is 4.61. The van der Waals surface area contributed by atoms with E-state index in [1.165, 1.54) is 0 Å². The van der Waals surface area contributed by atoms with Crippen LogP contribution in [0.2, 0.25) is 0 Å². The Morgan fingerprint density at radius 2 is 2.18 bits per heavy atom. The third-order valence-corrected chi connectivity index (χ3v) is 3.41. The number of hydrogen-bond donors (Lipinski definition) is 2. The number of H-pyrrole nitrogens is 1. The Balaban J connectivity index is 1.97. The zero-order valence-corrected chi connectivity index (χ0v) is 9.27. The fourth-order valence-electron chi connectivity index (χ4n) is 2.29. The highest BCUT2D eigenvalue weighted by Crippen LogP contribution is 2.34. The summed E-state index contributed by atoms with van der Waals surface area (Å²) in [7, 11) is 0. The normalized spacial score (nSPS) is 17.9. The summed E-state index contributed by atoms with van der Waals surface area (Å²) in [6.07, 6.45) is 2.42. The zero-order valence-electron chi connectivity index (χ0n) is 9.27. The number of rotatable bonds is 3. The molecule has 0 unspecified atom stereocenters. The first-order valence-electron chi connectivity index (χ1n) is 5.57. The van der Waals surface area contributed by atoms with E-state index in [4.69, 9.17) is 4.74 Å². The van der Waals surface area contributed by atoms with Gasteiger partial charge in [-0.25, -0.2) is 0 Å². The molecule has 3 rings (SSSR count). The highest BCUT2D eigenvalue weighted by Gasteiger charge is 2.46. The van der Waals surface area contributed by atoms with E-state index in [0.717, 1.165) is 16.5 Å². The minimum atomic E-state index is -0.769. The predicted molar refractivity (Wildman–Crippen MR) is 62.9 cm³/mol. The van der Waals surface area contributed by atoms with Crippen molar-refractivity contribution in [2.24, 2.45) is 5.41 Å². The van der Waals surface area contributed by atoms with Crippen LogP contribution in [0.3, 0.4) is 0 Å². The lowest BCUT2D eigenvalue weighted by atomic mass is 9.80. The van der Waals surface area contributed by atoms with Gasteiger partial charge in [0.2, 0.25) is 0 Å². The third kappa shape index (κ3) is 1.52. The molecule has 1 aromatic heterocycles. The zero-order chi connectivity index (χ0) is 11.9. The van der Waals surface area contributed by atoms with Crippen LogP contribution in [0.25, 0.3) is 10.9 Å². The molecule has 88 valence electrons. The second kappa shape index (κ2) is 3.60. The molecule has 17 heavy (non-hydrogen) atoms. The Hall–Kier alpha value is -1.81. The summed E-state index contributed by atoms with van der Waals surface area (Å²) in [6.45, 7) is 0.615. The van der Waals surface area contributed by atoms with Crippen LogP contribution in [0.1, 0.15) is 5.56 Å². The molecule has 1 aromatic carbocycles. The van der Waals surface area contributed by atoms with E-state index in [0.29, 0.717) is 19.6 Å². The first-order chi connectivity index (χ1) is 8.21. The lowest BCUT2D eigenvalue weighted by molar-refractivity contribution is -0.179. The van der Waals surface area contributed by atoms with Gasteiger partial charge in [0.1, 0.15) is 5.41 Å². The number of aromatic amines is 1. The Morgan fingerprint density at radius 3 is 2.82 bits per heavy atom. The van der Waals surface area contributed by atoms with Gasteiger partial charge in [0.25, 0.3) is 0 Å². The maximum atomic E-state index is 11.3. The smallest absolute Gasteiger partial charge is 0.314 e. The van der Waals surface area contributed by atoms with Gasteiger partial charge >= 0.3 is 5.97 Å². The predicted octanol–water partition coefficient (Wildman–Crippen LogP) is 1.81. The molecule has 0 aliphatic carbocycles. The minimum absolute atomic E-state index is 0.307. The topological polar surface area (TPSA) is 62.3 Å². The van der Waals surface area contributed by atoms with Gasteiger partial charge in [-0.1, -0.05) is 18.2 Å². The standard InChI is InChI=1S/C13H13NO3/c15-12(16)13(7-17-8-13)5-9-6-14-11-4-2-1-3-10(9)11/h1-4,6,14H,5,7-8H2,(H,15,16). The maximum Gasteiger partial charge on any atom is 0.314 e. The van der Waals surface area contributed by atoms with Crippen LogP contribution in [0.4, 0.5) is 0 Å². The molecule has 0 amide bonds. The summed E-state index contributed by atoms with van der Waals surface area (Å²) in [5.41, 5.74) is 1.36. The van der Waals surface area contributed by atoms with Gasteiger partial charge in [-0.2, -0.15) is 0 Å². The molecule has 0 atom stereocenters. The summed E-state index contributed by atoms with van der Waals surface area (Å²) in [6, 6.07) is 7.92. The number of carboxylic acid groups (broad SMARTS) is 1. The Labute approximate surface area is 98.2 Å². The number of nitrogens with one attached hydrogen (secondary N) is 1. The third-order valence-electron chi connectivity index (χ3n) is 3.41. The van der Waals surface area contributed by atoms with Crippen LogP contribution in [-0.4, -0.2) is 29.3 Å². The van der Waals surface area contributed by atoms with Crippen molar-refractivity contribution in [2.45, 2.75) is 6.42 Å². The van der Waals surface area contributed by atoms with Crippen LogP contribution in [0.15, 0.2) is 30.5 Å². The van der Waals surface area contributed by atoms with Gasteiger partial charge < -0.3 is 14.8 Å². The number of aromatic nitrogens is 1. The molecule has 2 heterocycles. The van der Waals surface area contributed by atoms with Crippen molar-refractivity contribution < 1.29 is 14.6 Å². The molecule has 1 saturated heterocycles. The summed E-state index contributed by atoms with van der Waals surface area (Å²) in [5, 5.41) is 10.4. The Bertz CT molecular complexity index is 569. The quantitative estimate of drug-likeness (QED) is 0.846. The summed E-state index contributed by atoms with van der Waals surface area (Å²) >= 11 is 0. The largest absolute Gasteiger partial charge is 0.481 e. The minimum Gasteiger partial charge on any atom is -0.481 e. The molecular weight excluding hydrogens is 218 g/mol. The van der Waals surface area contributed by atoms with Crippen molar-refractivity contribution in [2.75, 3.05) is 13.2 Å². The van der Waals surface area contributed by atoms with Crippen LogP contribution in [0, 0.1) is 5.41 Å². The summed E-state index contributed by atoms with van der Waals surface area (Å²) < 4.78 is 5.07. The second-order valence-corrected chi connectivity index (χ2v) is 4.61. The molecular formula is C13H13NO3. The summed E-state index contributed by atoms with van der Waals surface area (Å²) in [5.74, 6) is -0.769. The van der Waals surface area contributed by atoms with Gasteiger partial charge in [0, 0.05) is 17.1 Å². The van der Waals surface area contributed by atoms with Crippen molar-refractivity contribution in [3.63, 3.8) is 0 Å². The number of hydrogen-bond acceptors (Lipinski definition) is 2. The van der Waals surface area contributed by atoms with Crippen molar-refractivity contribution in [1.29, 1.82) is 0 Å². The number of aliphatic carboxylic acids is 1. The average Bonchev–Trinajstić information content (AvgIpc) is 2.66. The number of fused-ring (bicyclic) bond motifs is 1. The summed E-state index contributed by atoms with van der Waals surface area (Å²) in [4.78, 5) is 14.4. The highest BCUT2D eigenvalue weighted by molar-refractivity contribution is 5.84. The van der Waals surface area contributed by atoms with Crippen molar-refractivity contribution >= 4 is 16.9 Å². The first-order valence-corrected chi connectivity index (χ1v) is 5.57. The highest BCUT2D eigenvalue weighted by atomic mass is 16.5. The molecule has 0 saturated carbocycles. The van der Waals surface area contributed by atoms with Crippen LogP contribution < -0.4 is 0 Å². The number of para-hydroxylation sites is 1. The van der Waals surface area contributed by atoms with Gasteiger partial charge in [-0.15, -0.1) is 0 Å². The van der Waals surface area contributed by atoms with Crippen molar-refractivity contribution in [3.05, 3.63) is 36.0 Å². The molecule has 1 fully saturated rings. The lowest BCUT2D eigenvalue weighted by Crippen LogP contribution is -2.50. The van der Waals surface area contributed by atoms with Gasteiger partial charge in [-0.05, 0) is 18.1 Å². The van der Waals surface area contributed by atoms with Gasteiger partial charge in [-0.3, -0.25) is 4.79 Å². The van der Waals surface area contributed by atoms with E-state index in [1.54, 1.807) is 0 Å². The van der Waals surface area contributed by atoms with E-state index in [1.807, 2.05) is 30.5 Å². The fourth-order valence-corrected chi connectivity index (χ4v) is 2.29. The van der Waals surface area contributed by atoms with E-state index in [2.05, 4.69) is 4.98 Å². The van der Waals surface area contributed by atoms with Gasteiger partial charge in [0.05, 0.1) is 13.2 Å². The molecule has 2 aromatic rings. The van der Waals surface area contributed by atoms with Crippen LogP contribution >= 0.6 is 0 Å².